The van der Waals surface area contributed by atoms with E-state index in [-0.39, 0.29) is 17.7 Å². The first kappa shape index (κ1) is 15.3. The number of benzene rings is 2. The molecule has 0 amide bonds. The van der Waals surface area contributed by atoms with Crippen molar-refractivity contribution in [2.24, 2.45) is 10.2 Å². The van der Waals surface area contributed by atoms with Gasteiger partial charge >= 0.3 is 0 Å². The molecule has 0 saturated carbocycles. The molecule has 2 aromatic rings. The fourth-order valence-corrected chi connectivity index (χ4v) is 1.83. The molecule has 3 nitrogen and oxygen atoms in total. The van der Waals surface area contributed by atoms with Crippen LogP contribution in [0.5, 0.6) is 0 Å². The Labute approximate surface area is 122 Å². The zero-order valence-corrected chi connectivity index (χ0v) is 11.8. The molecule has 0 fully saturated rings. The molecule has 5 heteroatoms. The lowest BCUT2D eigenvalue weighted by atomic mass is 10.1. The van der Waals surface area contributed by atoms with Gasteiger partial charge in [0.2, 0.25) is 0 Å². The van der Waals surface area contributed by atoms with Gasteiger partial charge < -0.3 is 5.11 Å². The van der Waals surface area contributed by atoms with E-state index in [1.165, 1.54) is 43.3 Å². The van der Waals surface area contributed by atoms with Crippen molar-refractivity contribution in [1.82, 2.24) is 0 Å². The molecule has 2 rings (SSSR count). The summed E-state index contributed by atoms with van der Waals surface area (Å²) in [7, 11) is 0. The largest absolute Gasteiger partial charge is 0.364 e. The molecule has 110 valence electrons. The smallest absolute Gasteiger partial charge is 0.199 e. The van der Waals surface area contributed by atoms with Crippen molar-refractivity contribution in [2.75, 3.05) is 0 Å². The van der Waals surface area contributed by atoms with Crippen LogP contribution in [0.1, 0.15) is 31.0 Å². The number of aliphatic hydroxyl groups is 1. The van der Waals surface area contributed by atoms with Gasteiger partial charge in [-0.2, -0.15) is 10.2 Å². The van der Waals surface area contributed by atoms with Crippen LogP contribution >= 0.6 is 0 Å². The number of hydrogen-bond acceptors (Lipinski definition) is 3. The number of rotatable bonds is 4. The standard InChI is InChI=1S/C16H16F2N2O/c1-11(12-3-7-14(17)8-4-12)19-20-16(2,21)13-5-9-15(18)10-6-13/h3-11,21H,1-2H3. The van der Waals surface area contributed by atoms with Crippen LogP contribution in [0.25, 0.3) is 0 Å². The first-order valence-electron chi connectivity index (χ1n) is 6.54. The highest BCUT2D eigenvalue weighted by atomic mass is 19.1. The Kier molecular flexibility index (Phi) is 4.43. The average Bonchev–Trinajstić information content (AvgIpc) is 2.46. The molecular formula is C16H16F2N2O. The molecule has 0 bridgehead atoms. The maximum atomic E-state index is 12.9. The summed E-state index contributed by atoms with van der Waals surface area (Å²) in [6.45, 7) is 3.26. The number of azo groups is 1. The Morgan fingerprint density at radius 3 is 1.95 bits per heavy atom. The predicted molar refractivity (Wildman–Crippen MR) is 75.6 cm³/mol. The van der Waals surface area contributed by atoms with Crippen molar-refractivity contribution < 1.29 is 13.9 Å². The Balaban J connectivity index is 2.15. The Hall–Kier alpha value is -2.14. The van der Waals surface area contributed by atoms with Gasteiger partial charge in [-0.15, -0.1) is 0 Å². The maximum Gasteiger partial charge on any atom is 0.199 e. The van der Waals surface area contributed by atoms with E-state index in [1.807, 2.05) is 0 Å². The van der Waals surface area contributed by atoms with Gasteiger partial charge in [0.25, 0.3) is 0 Å². The summed E-state index contributed by atoms with van der Waals surface area (Å²) in [4.78, 5) is 0. The Morgan fingerprint density at radius 1 is 0.952 bits per heavy atom. The van der Waals surface area contributed by atoms with E-state index >= 15 is 0 Å². The second-order valence-electron chi connectivity index (χ2n) is 4.97. The van der Waals surface area contributed by atoms with Gasteiger partial charge in [0, 0.05) is 5.56 Å². The van der Waals surface area contributed by atoms with Gasteiger partial charge in [-0.05, 0) is 43.7 Å². The Morgan fingerprint density at radius 2 is 1.43 bits per heavy atom. The SMILES string of the molecule is CC(N=NC(C)(O)c1ccc(F)cc1)c1ccc(F)cc1. The minimum atomic E-state index is -1.54. The van der Waals surface area contributed by atoms with E-state index in [0.717, 1.165) is 5.56 Å². The molecule has 0 aromatic heterocycles. The summed E-state index contributed by atoms with van der Waals surface area (Å²) in [6, 6.07) is 11.0. The lowest BCUT2D eigenvalue weighted by Gasteiger charge is -2.18. The van der Waals surface area contributed by atoms with E-state index < -0.39 is 5.72 Å². The van der Waals surface area contributed by atoms with Gasteiger partial charge in [-0.25, -0.2) is 8.78 Å². The molecule has 2 aromatic carbocycles. The van der Waals surface area contributed by atoms with Crippen LogP contribution in [-0.2, 0) is 5.72 Å². The molecular weight excluding hydrogens is 274 g/mol. The second-order valence-corrected chi connectivity index (χ2v) is 4.97. The van der Waals surface area contributed by atoms with E-state index in [1.54, 1.807) is 19.1 Å². The van der Waals surface area contributed by atoms with Crippen LogP contribution in [0.4, 0.5) is 8.78 Å². The van der Waals surface area contributed by atoms with Gasteiger partial charge in [0.15, 0.2) is 5.72 Å². The van der Waals surface area contributed by atoms with Gasteiger partial charge in [0.1, 0.15) is 11.6 Å². The maximum absolute atomic E-state index is 12.9. The van der Waals surface area contributed by atoms with Crippen LogP contribution in [0, 0.1) is 11.6 Å². The van der Waals surface area contributed by atoms with Crippen molar-refractivity contribution in [1.29, 1.82) is 0 Å². The van der Waals surface area contributed by atoms with Crippen LogP contribution in [-0.4, -0.2) is 5.11 Å². The van der Waals surface area contributed by atoms with Crippen molar-refractivity contribution in [3.8, 4) is 0 Å². The van der Waals surface area contributed by atoms with Gasteiger partial charge in [-0.3, -0.25) is 0 Å². The Bertz CT molecular complexity index is 622. The molecule has 0 heterocycles. The fourth-order valence-electron chi connectivity index (χ4n) is 1.83. The van der Waals surface area contributed by atoms with E-state index in [4.69, 9.17) is 0 Å². The number of nitrogens with zero attached hydrogens (tertiary/aromatic N) is 2. The minimum absolute atomic E-state index is 0.318. The predicted octanol–water partition coefficient (Wildman–Crippen LogP) is 4.34. The molecule has 21 heavy (non-hydrogen) atoms. The third kappa shape index (κ3) is 3.92. The monoisotopic (exact) mass is 290 g/mol. The summed E-state index contributed by atoms with van der Waals surface area (Å²) in [5.41, 5.74) is -0.309. The average molecular weight is 290 g/mol. The highest BCUT2D eigenvalue weighted by Crippen LogP contribution is 2.25. The van der Waals surface area contributed by atoms with E-state index in [0.29, 0.717) is 5.56 Å². The highest BCUT2D eigenvalue weighted by Gasteiger charge is 2.22. The number of hydrogen-bond donors (Lipinski definition) is 1. The topological polar surface area (TPSA) is 45.0 Å². The molecule has 0 aliphatic rings. The quantitative estimate of drug-likeness (QED) is 0.836. The summed E-state index contributed by atoms with van der Waals surface area (Å²) >= 11 is 0. The van der Waals surface area contributed by atoms with Crippen LogP contribution in [0.3, 0.4) is 0 Å². The third-order valence-corrected chi connectivity index (χ3v) is 3.17. The molecule has 0 aliphatic heterocycles. The molecule has 1 N–H and O–H groups in total. The van der Waals surface area contributed by atoms with Gasteiger partial charge in [-0.1, -0.05) is 24.3 Å². The third-order valence-electron chi connectivity index (χ3n) is 3.17. The summed E-state index contributed by atoms with van der Waals surface area (Å²) < 4.78 is 25.7. The van der Waals surface area contributed by atoms with Crippen molar-refractivity contribution in [3.05, 3.63) is 71.3 Å². The molecule has 2 unspecified atom stereocenters. The zero-order valence-electron chi connectivity index (χ0n) is 11.8. The van der Waals surface area contributed by atoms with Crippen molar-refractivity contribution >= 4 is 0 Å². The van der Waals surface area contributed by atoms with Crippen molar-refractivity contribution in [3.63, 3.8) is 0 Å². The molecule has 2 atom stereocenters. The van der Waals surface area contributed by atoms with Crippen LogP contribution < -0.4 is 0 Å². The van der Waals surface area contributed by atoms with Crippen molar-refractivity contribution in [2.45, 2.75) is 25.6 Å². The highest BCUT2D eigenvalue weighted by molar-refractivity contribution is 5.22. The first-order valence-corrected chi connectivity index (χ1v) is 6.54. The molecule has 0 saturated heterocycles. The van der Waals surface area contributed by atoms with E-state index in [2.05, 4.69) is 10.2 Å². The van der Waals surface area contributed by atoms with E-state index in [9.17, 15) is 13.9 Å². The summed E-state index contributed by atoms with van der Waals surface area (Å²) in [5.74, 6) is -0.702. The summed E-state index contributed by atoms with van der Waals surface area (Å²) in [5, 5.41) is 18.2. The molecule has 0 aliphatic carbocycles. The van der Waals surface area contributed by atoms with Crippen LogP contribution in [0.2, 0.25) is 0 Å². The zero-order chi connectivity index (χ0) is 15.5. The fraction of sp³-hybridized carbons (Fsp3) is 0.250. The summed E-state index contributed by atoms with van der Waals surface area (Å²) in [6.07, 6.45) is 0. The molecule has 0 spiro atoms. The van der Waals surface area contributed by atoms with Crippen LogP contribution in [0.15, 0.2) is 58.8 Å². The normalized spacial score (nSPS) is 15.9. The van der Waals surface area contributed by atoms with Gasteiger partial charge in [0.05, 0.1) is 6.04 Å². The number of halogens is 2. The lowest BCUT2D eigenvalue weighted by Crippen LogP contribution is -2.17. The first-order chi connectivity index (χ1) is 9.88. The second kappa shape index (κ2) is 6.10. The molecule has 0 radical (unpaired) electrons. The minimum Gasteiger partial charge on any atom is -0.364 e. The lowest BCUT2D eigenvalue weighted by molar-refractivity contribution is 0.0572.